The van der Waals surface area contributed by atoms with Gasteiger partial charge in [-0.05, 0) is 31.5 Å². The fraction of sp³-hybridized carbons (Fsp3) is 0.188. The molecule has 0 aliphatic rings. The molecular weight excluding hydrogens is 317 g/mol. The van der Waals surface area contributed by atoms with Crippen molar-refractivity contribution in [2.24, 2.45) is 5.73 Å². The quantitative estimate of drug-likeness (QED) is 0.801. The second-order valence-electron chi connectivity index (χ2n) is 5.10. The molecule has 7 heteroatoms. The van der Waals surface area contributed by atoms with E-state index in [1.807, 2.05) is 0 Å². The van der Waals surface area contributed by atoms with Crippen LogP contribution < -0.4 is 11.3 Å². The summed E-state index contributed by atoms with van der Waals surface area (Å²) in [5.41, 5.74) is 6.75. The van der Waals surface area contributed by atoms with Gasteiger partial charge in [0.05, 0.1) is 4.88 Å². The minimum atomic E-state index is -0.587. The predicted molar refractivity (Wildman–Crippen MR) is 88.2 cm³/mol. The summed E-state index contributed by atoms with van der Waals surface area (Å²) in [5.74, 6) is -0.981. The zero-order valence-electron chi connectivity index (χ0n) is 12.6. The van der Waals surface area contributed by atoms with Gasteiger partial charge in [-0.15, -0.1) is 11.3 Å². The molecular formula is C16H14FN3O2S. The van der Waals surface area contributed by atoms with E-state index in [1.54, 1.807) is 26.0 Å². The van der Waals surface area contributed by atoms with Gasteiger partial charge >= 0.3 is 0 Å². The Bertz CT molecular complexity index is 991. The normalized spacial score (nSPS) is 11.1. The first-order valence-electron chi connectivity index (χ1n) is 7.04. The van der Waals surface area contributed by atoms with E-state index < -0.39 is 11.7 Å². The number of nitrogens with zero attached hydrogens (tertiary/aromatic N) is 2. The Hall–Kier alpha value is -2.54. The molecule has 0 fully saturated rings. The molecule has 2 aromatic heterocycles. The molecule has 0 aliphatic heterocycles. The first-order valence-corrected chi connectivity index (χ1v) is 7.85. The lowest BCUT2D eigenvalue weighted by atomic mass is 10.0. The van der Waals surface area contributed by atoms with Gasteiger partial charge in [0.25, 0.3) is 11.5 Å². The standard InChI is InChI=1S/C16H14FN3O2S/c1-3-20-16(22)14-11(8(2)13(23-14)15(18)21)12(19-20)9-5-4-6-10(17)7-9/h4-7H,3H2,1-2H3,(H2,18,21). The Balaban J connectivity index is 2.48. The molecule has 1 aromatic carbocycles. The monoisotopic (exact) mass is 331 g/mol. The summed E-state index contributed by atoms with van der Waals surface area (Å²) in [4.78, 5) is 24.4. The second-order valence-corrected chi connectivity index (χ2v) is 6.13. The van der Waals surface area contributed by atoms with Crippen LogP contribution in [0.1, 0.15) is 22.2 Å². The maximum atomic E-state index is 13.6. The number of aromatic nitrogens is 2. The van der Waals surface area contributed by atoms with E-state index in [0.29, 0.717) is 38.3 Å². The Morgan fingerprint density at radius 3 is 2.78 bits per heavy atom. The van der Waals surface area contributed by atoms with Crippen molar-refractivity contribution < 1.29 is 9.18 Å². The highest BCUT2D eigenvalue weighted by Crippen LogP contribution is 2.34. The van der Waals surface area contributed by atoms with Crippen LogP contribution in [0.5, 0.6) is 0 Å². The number of fused-ring (bicyclic) bond motifs is 1. The van der Waals surface area contributed by atoms with Crippen molar-refractivity contribution in [2.45, 2.75) is 20.4 Å². The molecule has 3 rings (SSSR count). The highest BCUT2D eigenvalue weighted by atomic mass is 32.1. The number of hydrogen-bond donors (Lipinski definition) is 1. The second kappa shape index (κ2) is 5.58. The maximum Gasteiger partial charge on any atom is 0.284 e. The molecule has 0 radical (unpaired) electrons. The van der Waals surface area contributed by atoms with Gasteiger partial charge in [0.2, 0.25) is 0 Å². The van der Waals surface area contributed by atoms with Gasteiger partial charge in [-0.3, -0.25) is 9.59 Å². The van der Waals surface area contributed by atoms with Crippen molar-refractivity contribution in [2.75, 3.05) is 0 Å². The van der Waals surface area contributed by atoms with Crippen LogP contribution in [0, 0.1) is 12.7 Å². The lowest BCUT2D eigenvalue weighted by Gasteiger charge is -2.08. The number of amides is 1. The average molecular weight is 331 g/mol. The number of rotatable bonds is 3. The fourth-order valence-corrected chi connectivity index (χ4v) is 3.67. The third-order valence-electron chi connectivity index (χ3n) is 3.65. The summed E-state index contributed by atoms with van der Waals surface area (Å²) >= 11 is 1.06. The zero-order valence-corrected chi connectivity index (χ0v) is 13.4. The van der Waals surface area contributed by atoms with Gasteiger partial charge in [0, 0.05) is 17.5 Å². The highest BCUT2D eigenvalue weighted by Gasteiger charge is 2.21. The fourth-order valence-electron chi connectivity index (χ4n) is 2.57. The number of benzene rings is 1. The molecule has 3 aromatic rings. The summed E-state index contributed by atoms with van der Waals surface area (Å²) < 4.78 is 15.3. The van der Waals surface area contributed by atoms with E-state index >= 15 is 0 Å². The van der Waals surface area contributed by atoms with Gasteiger partial charge in [-0.2, -0.15) is 5.10 Å². The van der Waals surface area contributed by atoms with Crippen LogP contribution in [0.25, 0.3) is 21.3 Å². The smallest absolute Gasteiger partial charge is 0.284 e. The van der Waals surface area contributed by atoms with Crippen molar-refractivity contribution in [3.8, 4) is 11.3 Å². The van der Waals surface area contributed by atoms with Crippen LogP contribution in [-0.2, 0) is 6.54 Å². The van der Waals surface area contributed by atoms with Crippen LogP contribution in [-0.4, -0.2) is 15.7 Å². The topological polar surface area (TPSA) is 78.0 Å². The first kappa shape index (κ1) is 15.4. The molecule has 2 heterocycles. The molecule has 23 heavy (non-hydrogen) atoms. The van der Waals surface area contributed by atoms with E-state index in [-0.39, 0.29) is 5.56 Å². The summed E-state index contributed by atoms with van der Waals surface area (Å²) in [6.07, 6.45) is 0. The van der Waals surface area contributed by atoms with Crippen molar-refractivity contribution in [1.82, 2.24) is 9.78 Å². The number of nitrogens with two attached hydrogens (primary N) is 1. The van der Waals surface area contributed by atoms with Crippen LogP contribution in [0.4, 0.5) is 4.39 Å². The Morgan fingerprint density at radius 1 is 1.43 bits per heavy atom. The number of primary amides is 1. The number of aryl methyl sites for hydroxylation is 2. The van der Waals surface area contributed by atoms with Crippen molar-refractivity contribution in [3.63, 3.8) is 0 Å². The molecule has 0 bridgehead atoms. The molecule has 0 saturated heterocycles. The summed E-state index contributed by atoms with van der Waals surface area (Å²) in [6.45, 7) is 3.89. The number of thiophene rings is 1. The molecule has 0 aliphatic carbocycles. The first-order chi connectivity index (χ1) is 10.9. The van der Waals surface area contributed by atoms with Crippen LogP contribution in [0.15, 0.2) is 29.1 Å². The number of carbonyl (C=O) groups is 1. The third kappa shape index (κ3) is 2.43. The number of carbonyl (C=O) groups excluding carboxylic acids is 1. The van der Waals surface area contributed by atoms with Crippen LogP contribution >= 0.6 is 11.3 Å². The van der Waals surface area contributed by atoms with Crippen LogP contribution in [0.3, 0.4) is 0 Å². The van der Waals surface area contributed by atoms with Gasteiger partial charge in [0.15, 0.2) is 0 Å². The zero-order chi connectivity index (χ0) is 16.7. The molecule has 5 nitrogen and oxygen atoms in total. The van der Waals surface area contributed by atoms with Gasteiger partial charge in [-0.1, -0.05) is 12.1 Å². The van der Waals surface area contributed by atoms with E-state index in [2.05, 4.69) is 5.10 Å². The van der Waals surface area contributed by atoms with Gasteiger partial charge in [0.1, 0.15) is 16.2 Å². The lowest BCUT2D eigenvalue weighted by Crippen LogP contribution is -2.22. The van der Waals surface area contributed by atoms with Crippen LogP contribution in [0.2, 0.25) is 0 Å². The maximum absolute atomic E-state index is 13.6. The van der Waals surface area contributed by atoms with E-state index in [9.17, 15) is 14.0 Å². The third-order valence-corrected chi connectivity index (χ3v) is 4.95. The summed E-state index contributed by atoms with van der Waals surface area (Å²) in [7, 11) is 0. The SMILES string of the molecule is CCn1nc(-c2cccc(F)c2)c2c(C)c(C(N)=O)sc2c1=O. The van der Waals surface area contributed by atoms with E-state index in [1.165, 1.54) is 16.8 Å². The minimum Gasteiger partial charge on any atom is -0.365 e. The molecule has 118 valence electrons. The number of hydrogen-bond acceptors (Lipinski definition) is 4. The van der Waals surface area contributed by atoms with E-state index in [4.69, 9.17) is 5.73 Å². The molecule has 0 saturated carbocycles. The van der Waals surface area contributed by atoms with Crippen molar-refractivity contribution >= 4 is 27.3 Å². The molecule has 0 spiro atoms. The molecule has 1 amide bonds. The van der Waals surface area contributed by atoms with Crippen molar-refractivity contribution in [3.05, 3.63) is 50.9 Å². The Labute approximate surface area is 135 Å². The lowest BCUT2D eigenvalue weighted by molar-refractivity contribution is 0.100. The van der Waals surface area contributed by atoms with Gasteiger partial charge in [-0.25, -0.2) is 9.07 Å². The summed E-state index contributed by atoms with van der Waals surface area (Å²) in [5, 5.41) is 4.92. The molecule has 0 atom stereocenters. The average Bonchev–Trinajstić information content (AvgIpc) is 2.86. The largest absolute Gasteiger partial charge is 0.365 e. The van der Waals surface area contributed by atoms with Crippen molar-refractivity contribution in [1.29, 1.82) is 0 Å². The predicted octanol–water partition coefficient (Wildman–Crippen LogP) is 2.69. The number of halogens is 1. The minimum absolute atomic E-state index is 0.275. The van der Waals surface area contributed by atoms with Gasteiger partial charge < -0.3 is 5.73 Å². The molecule has 0 unspecified atom stereocenters. The van der Waals surface area contributed by atoms with E-state index in [0.717, 1.165) is 11.3 Å². The summed E-state index contributed by atoms with van der Waals surface area (Å²) in [6, 6.07) is 5.99. The Kier molecular flexibility index (Phi) is 3.73. The Morgan fingerprint density at radius 2 is 2.17 bits per heavy atom. The highest BCUT2D eigenvalue weighted by molar-refractivity contribution is 7.21. The molecule has 2 N–H and O–H groups in total.